The lowest BCUT2D eigenvalue weighted by molar-refractivity contribution is -0.131. The van der Waals surface area contributed by atoms with Gasteiger partial charge in [0.2, 0.25) is 5.91 Å². The van der Waals surface area contributed by atoms with E-state index in [4.69, 9.17) is 0 Å². The molecule has 1 N–H and O–H groups in total. The molecule has 2 unspecified atom stereocenters. The van der Waals surface area contributed by atoms with E-state index in [-0.39, 0.29) is 11.9 Å². The molecule has 1 rings (SSSR count). The van der Waals surface area contributed by atoms with Gasteiger partial charge in [-0.15, -0.1) is 0 Å². The van der Waals surface area contributed by atoms with E-state index in [0.29, 0.717) is 5.25 Å². The number of nitrogens with one attached hydrogen (secondary N) is 1. The Labute approximate surface area is 103 Å². The molecular formula is C12H24N2OS. The van der Waals surface area contributed by atoms with Gasteiger partial charge in [-0.3, -0.25) is 4.79 Å². The van der Waals surface area contributed by atoms with Gasteiger partial charge >= 0.3 is 0 Å². The summed E-state index contributed by atoms with van der Waals surface area (Å²) < 4.78 is 0. The summed E-state index contributed by atoms with van der Waals surface area (Å²) in [6, 6.07) is -0.0212. The molecule has 0 aliphatic carbocycles. The van der Waals surface area contributed by atoms with E-state index in [9.17, 15) is 4.79 Å². The molecular weight excluding hydrogens is 220 g/mol. The third-order valence-electron chi connectivity index (χ3n) is 3.19. The number of hydrogen-bond donors (Lipinski definition) is 1. The average molecular weight is 244 g/mol. The highest BCUT2D eigenvalue weighted by Crippen LogP contribution is 2.10. The molecule has 1 saturated heterocycles. The Balaban J connectivity index is 2.18. The molecule has 1 amide bonds. The summed E-state index contributed by atoms with van der Waals surface area (Å²) in [5.41, 5.74) is 0. The van der Waals surface area contributed by atoms with Crippen molar-refractivity contribution in [1.29, 1.82) is 0 Å². The lowest BCUT2D eigenvalue weighted by Crippen LogP contribution is -2.44. The van der Waals surface area contributed by atoms with Crippen LogP contribution in [0.2, 0.25) is 0 Å². The molecule has 0 aromatic rings. The Hall–Kier alpha value is -0.220. The third-order valence-corrected chi connectivity index (χ3v) is 4.23. The van der Waals surface area contributed by atoms with E-state index in [1.165, 1.54) is 12.8 Å². The van der Waals surface area contributed by atoms with Gasteiger partial charge < -0.3 is 10.2 Å². The number of likely N-dealkylation sites (tertiary alicyclic amines) is 1. The molecule has 3 nitrogen and oxygen atoms in total. The van der Waals surface area contributed by atoms with Crippen LogP contribution in [0.5, 0.6) is 0 Å². The summed E-state index contributed by atoms with van der Waals surface area (Å²) in [7, 11) is 0. The summed E-state index contributed by atoms with van der Waals surface area (Å²) in [5, 5.41) is 3.99. The molecule has 0 saturated carbocycles. The highest BCUT2D eigenvalue weighted by Gasteiger charge is 2.22. The topological polar surface area (TPSA) is 32.3 Å². The predicted octanol–water partition coefficient (Wildman–Crippen LogP) is 1.73. The van der Waals surface area contributed by atoms with E-state index < -0.39 is 0 Å². The van der Waals surface area contributed by atoms with E-state index in [1.54, 1.807) is 0 Å². The van der Waals surface area contributed by atoms with Crippen molar-refractivity contribution in [3.8, 4) is 0 Å². The number of hydrogen-bond acceptors (Lipinski definition) is 3. The second-order valence-corrected chi connectivity index (χ2v) is 5.82. The summed E-state index contributed by atoms with van der Waals surface area (Å²) in [6.45, 7) is 7.03. The number of rotatable bonds is 6. The monoisotopic (exact) mass is 244 g/mol. The molecule has 0 aromatic heterocycles. The number of carbonyl (C=O) groups excluding carboxylic acids is 1. The highest BCUT2D eigenvalue weighted by atomic mass is 32.2. The quantitative estimate of drug-likeness (QED) is 0.772. The number of carbonyl (C=O) groups is 1. The van der Waals surface area contributed by atoms with Crippen molar-refractivity contribution in [3.63, 3.8) is 0 Å². The Morgan fingerprint density at radius 3 is 2.56 bits per heavy atom. The normalized spacial score (nSPS) is 19.8. The molecule has 4 heteroatoms. The van der Waals surface area contributed by atoms with Crippen LogP contribution in [-0.2, 0) is 4.79 Å². The molecule has 0 bridgehead atoms. The van der Waals surface area contributed by atoms with Gasteiger partial charge in [-0.2, -0.15) is 11.8 Å². The summed E-state index contributed by atoms with van der Waals surface area (Å²) in [5.74, 6) is 0.273. The SMILES string of the molecule is CSC(C)CCNC(C)C(=O)N1CCCC1. The second kappa shape index (κ2) is 7.17. The van der Waals surface area contributed by atoms with Gasteiger partial charge in [-0.1, -0.05) is 6.92 Å². The Morgan fingerprint density at radius 1 is 1.38 bits per heavy atom. The van der Waals surface area contributed by atoms with Crippen molar-refractivity contribution in [1.82, 2.24) is 10.2 Å². The predicted molar refractivity (Wildman–Crippen MR) is 70.9 cm³/mol. The maximum absolute atomic E-state index is 11.9. The first-order valence-electron chi connectivity index (χ1n) is 6.20. The average Bonchev–Trinajstić information content (AvgIpc) is 2.81. The lowest BCUT2D eigenvalue weighted by Gasteiger charge is -2.21. The highest BCUT2D eigenvalue weighted by molar-refractivity contribution is 7.99. The first kappa shape index (κ1) is 13.8. The minimum Gasteiger partial charge on any atom is -0.341 e. The van der Waals surface area contributed by atoms with E-state index in [1.807, 2.05) is 23.6 Å². The fraction of sp³-hybridized carbons (Fsp3) is 0.917. The van der Waals surface area contributed by atoms with Crippen LogP contribution in [0.3, 0.4) is 0 Å². The van der Waals surface area contributed by atoms with E-state index in [0.717, 1.165) is 26.1 Å². The van der Waals surface area contributed by atoms with Crippen LogP contribution in [-0.4, -0.2) is 48.0 Å². The zero-order chi connectivity index (χ0) is 12.0. The number of nitrogens with zero attached hydrogens (tertiary/aromatic N) is 1. The van der Waals surface area contributed by atoms with Crippen LogP contribution in [0.15, 0.2) is 0 Å². The minimum atomic E-state index is -0.0212. The van der Waals surface area contributed by atoms with E-state index >= 15 is 0 Å². The first-order valence-corrected chi connectivity index (χ1v) is 7.49. The van der Waals surface area contributed by atoms with Crippen molar-refractivity contribution >= 4 is 17.7 Å². The number of amides is 1. The zero-order valence-electron chi connectivity index (χ0n) is 10.7. The smallest absolute Gasteiger partial charge is 0.239 e. The summed E-state index contributed by atoms with van der Waals surface area (Å²) >= 11 is 1.87. The van der Waals surface area contributed by atoms with Crippen molar-refractivity contribution in [2.45, 2.75) is 44.4 Å². The van der Waals surface area contributed by atoms with E-state index in [2.05, 4.69) is 18.5 Å². The fourth-order valence-corrected chi connectivity index (χ4v) is 2.27. The van der Waals surface area contributed by atoms with Crippen LogP contribution in [0.1, 0.15) is 33.1 Å². The van der Waals surface area contributed by atoms with Gasteiger partial charge in [-0.25, -0.2) is 0 Å². The van der Waals surface area contributed by atoms with Gasteiger partial charge in [-0.05, 0) is 39.0 Å². The van der Waals surface area contributed by atoms with Gasteiger partial charge in [0, 0.05) is 18.3 Å². The van der Waals surface area contributed by atoms with Crippen LogP contribution in [0.4, 0.5) is 0 Å². The molecule has 1 heterocycles. The van der Waals surface area contributed by atoms with Crippen molar-refractivity contribution in [3.05, 3.63) is 0 Å². The molecule has 0 aromatic carbocycles. The minimum absolute atomic E-state index is 0.0212. The molecule has 2 atom stereocenters. The third kappa shape index (κ3) is 4.34. The van der Waals surface area contributed by atoms with Crippen LogP contribution >= 0.6 is 11.8 Å². The Bertz CT molecular complexity index is 217. The largest absolute Gasteiger partial charge is 0.341 e. The van der Waals surface area contributed by atoms with Crippen LogP contribution < -0.4 is 5.32 Å². The molecule has 1 aliphatic heterocycles. The van der Waals surface area contributed by atoms with Crippen molar-refractivity contribution in [2.24, 2.45) is 0 Å². The maximum atomic E-state index is 11.9. The van der Waals surface area contributed by atoms with Crippen molar-refractivity contribution in [2.75, 3.05) is 25.9 Å². The maximum Gasteiger partial charge on any atom is 0.239 e. The molecule has 16 heavy (non-hydrogen) atoms. The molecule has 1 fully saturated rings. The molecule has 1 aliphatic rings. The van der Waals surface area contributed by atoms with Crippen molar-refractivity contribution < 1.29 is 4.79 Å². The summed E-state index contributed by atoms with van der Waals surface area (Å²) in [4.78, 5) is 13.9. The van der Waals surface area contributed by atoms with Gasteiger partial charge in [0.25, 0.3) is 0 Å². The Kier molecular flexibility index (Phi) is 6.21. The molecule has 94 valence electrons. The standard InChI is InChI=1S/C12H24N2OS/c1-10(16-3)6-7-13-11(2)12(15)14-8-4-5-9-14/h10-11,13H,4-9H2,1-3H3. The number of thioether (sulfide) groups is 1. The van der Waals surface area contributed by atoms with Gasteiger partial charge in [0.1, 0.15) is 0 Å². The molecule has 0 radical (unpaired) electrons. The Morgan fingerprint density at radius 2 is 2.00 bits per heavy atom. The lowest BCUT2D eigenvalue weighted by atomic mass is 10.2. The fourth-order valence-electron chi connectivity index (χ4n) is 1.92. The summed E-state index contributed by atoms with van der Waals surface area (Å²) in [6.07, 6.45) is 5.59. The zero-order valence-corrected chi connectivity index (χ0v) is 11.5. The first-order chi connectivity index (χ1) is 7.65. The van der Waals surface area contributed by atoms with Crippen LogP contribution in [0, 0.1) is 0 Å². The van der Waals surface area contributed by atoms with Gasteiger partial charge in [0.15, 0.2) is 0 Å². The van der Waals surface area contributed by atoms with Gasteiger partial charge in [0.05, 0.1) is 6.04 Å². The molecule has 0 spiro atoms. The second-order valence-electron chi connectivity index (χ2n) is 4.54. The van der Waals surface area contributed by atoms with Crippen LogP contribution in [0.25, 0.3) is 0 Å².